The molecule has 0 fully saturated rings. The summed E-state index contributed by atoms with van der Waals surface area (Å²) in [5.74, 6) is -2.04. The van der Waals surface area contributed by atoms with Gasteiger partial charge >= 0.3 is 6.18 Å². The molecule has 0 saturated heterocycles. The molecule has 254 valence electrons. The van der Waals surface area contributed by atoms with Crippen LogP contribution < -0.4 is 5.56 Å². The molecular formula is C37H40F4N4O2S. The maximum atomic E-state index is 14.9. The van der Waals surface area contributed by atoms with Crippen LogP contribution in [0.3, 0.4) is 0 Å². The normalized spacial score (nSPS) is 16.5. The number of rotatable bonds is 13. The first-order valence-corrected chi connectivity index (χ1v) is 16.4. The van der Waals surface area contributed by atoms with Crippen molar-refractivity contribution in [3.63, 3.8) is 0 Å². The highest BCUT2D eigenvalue weighted by molar-refractivity contribution is 7.98. The van der Waals surface area contributed by atoms with Gasteiger partial charge in [0, 0.05) is 39.3 Å². The number of nitrogens with zero attached hydrogens (tertiary/aromatic N) is 4. The molecule has 1 heterocycles. The van der Waals surface area contributed by atoms with Crippen molar-refractivity contribution in [2.24, 2.45) is 0 Å². The van der Waals surface area contributed by atoms with Crippen LogP contribution in [0.5, 0.6) is 0 Å². The molecule has 0 saturated carbocycles. The first-order chi connectivity index (χ1) is 26.5. The van der Waals surface area contributed by atoms with E-state index in [-0.39, 0.29) is 70.4 Å². The number of carbonyl (C=O) groups excluding carboxylic acids is 1. The third kappa shape index (κ3) is 8.54. The molecule has 4 aromatic rings. The van der Waals surface area contributed by atoms with E-state index in [4.69, 9.17) is 6.85 Å². The number of thioether (sulfide) groups is 1. The van der Waals surface area contributed by atoms with Gasteiger partial charge in [-0.05, 0) is 91.4 Å². The Labute approximate surface area is 295 Å². The third-order valence-corrected chi connectivity index (χ3v) is 8.88. The minimum absolute atomic E-state index is 0.0175. The second-order valence-corrected chi connectivity index (χ2v) is 12.0. The topological polar surface area (TPSA) is 58.4 Å². The minimum atomic E-state index is -4.66. The molecule has 11 heteroatoms. The van der Waals surface area contributed by atoms with E-state index in [1.165, 1.54) is 31.2 Å². The molecule has 3 aromatic carbocycles. The fourth-order valence-corrected chi connectivity index (χ4v) is 6.03. The molecule has 1 aliphatic rings. The van der Waals surface area contributed by atoms with Gasteiger partial charge in [-0.3, -0.25) is 9.59 Å². The van der Waals surface area contributed by atoms with Crippen molar-refractivity contribution in [1.82, 2.24) is 19.4 Å². The number of benzene rings is 3. The quantitative estimate of drug-likeness (QED) is 0.0826. The van der Waals surface area contributed by atoms with Gasteiger partial charge < -0.3 is 14.4 Å². The Morgan fingerprint density at radius 1 is 1.02 bits per heavy atom. The molecule has 0 spiro atoms. The van der Waals surface area contributed by atoms with Crippen molar-refractivity contribution >= 4 is 17.7 Å². The Morgan fingerprint density at radius 2 is 1.73 bits per heavy atom. The van der Waals surface area contributed by atoms with Gasteiger partial charge in [0.25, 0.3) is 5.56 Å². The standard InChI is InChI=1S/C37H40F4N4O2S/c1-4-43(5-2)19-20-44(22-29-12-11-28(21-25(29)3)27-13-15-30(16-14-27)37(39,40)41)34(46)23-45-33-8-6-7-32(33)35(47)42-36(45)48-24-26-9-17-31(38)18-10-26/h9-18,21H,4-8,19-20,22-24H2,1-3H3/i11D,12D,19D2,20D2,21D,23D2. The second kappa shape index (κ2) is 15.5. The maximum Gasteiger partial charge on any atom is 0.416 e. The number of carbonyl (C=O) groups is 1. The Morgan fingerprint density at radius 3 is 2.40 bits per heavy atom. The van der Waals surface area contributed by atoms with Gasteiger partial charge in [-0.1, -0.05) is 68.0 Å². The molecule has 5 rings (SSSR count). The van der Waals surface area contributed by atoms with E-state index in [9.17, 15) is 32.6 Å². The summed E-state index contributed by atoms with van der Waals surface area (Å²) in [5, 5.41) is -0.240. The lowest BCUT2D eigenvalue weighted by Crippen LogP contribution is -2.40. The molecule has 48 heavy (non-hydrogen) atoms. The van der Waals surface area contributed by atoms with E-state index in [1.807, 2.05) is 0 Å². The Balaban J connectivity index is 1.68. The summed E-state index contributed by atoms with van der Waals surface area (Å²) in [6.07, 6.45) is -3.85. The van der Waals surface area contributed by atoms with Crippen molar-refractivity contribution in [3.8, 4) is 11.1 Å². The van der Waals surface area contributed by atoms with Crippen molar-refractivity contribution in [2.75, 3.05) is 26.1 Å². The lowest BCUT2D eigenvalue weighted by atomic mass is 9.98. The van der Waals surface area contributed by atoms with Gasteiger partial charge in [-0.25, -0.2) is 4.39 Å². The summed E-state index contributed by atoms with van der Waals surface area (Å²) in [5.41, 5.74) is -1.29. The van der Waals surface area contributed by atoms with Crippen molar-refractivity contribution < 1.29 is 34.7 Å². The molecule has 0 atom stereocenters. The van der Waals surface area contributed by atoms with Crippen LogP contribution >= 0.6 is 11.8 Å². The van der Waals surface area contributed by atoms with E-state index in [0.717, 1.165) is 45.5 Å². The number of alkyl halides is 3. The van der Waals surface area contributed by atoms with Gasteiger partial charge in [-0.15, -0.1) is 0 Å². The molecule has 0 unspecified atom stereocenters. The van der Waals surface area contributed by atoms with E-state index < -0.39 is 73.2 Å². The monoisotopic (exact) mass is 689 g/mol. The number of fused-ring (bicyclic) bond motifs is 1. The fourth-order valence-electron chi connectivity index (χ4n) is 5.11. The molecule has 0 radical (unpaired) electrons. The summed E-state index contributed by atoms with van der Waals surface area (Å²) in [7, 11) is 0. The molecule has 0 aliphatic heterocycles. The van der Waals surface area contributed by atoms with Gasteiger partial charge in [0.2, 0.25) is 5.91 Å². The van der Waals surface area contributed by atoms with Crippen molar-refractivity contribution in [1.29, 1.82) is 0 Å². The van der Waals surface area contributed by atoms with Crippen LogP contribution in [0.1, 0.15) is 66.1 Å². The SMILES string of the molecule is [2H]c1c([2H])c(-c2ccc(C(F)(F)F)cc2)c([2H])c(C)c1CN(C(=O)C([2H])([2H])n1c(SCc2ccc(F)cc2)nc(=O)c2c1CCC2)C([2H])([2H])C([2H])([2H])N(CC)CC. The summed E-state index contributed by atoms with van der Waals surface area (Å²) >= 11 is 0.882. The maximum absolute atomic E-state index is 14.9. The highest BCUT2D eigenvalue weighted by atomic mass is 32.2. The molecule has 0 bridgehead atoms. The number of halogens is 4. The molecule has 1 amide bonds. The highest BCUT2D eigenvalue weighted by Crippen LogP contribution is 2.32. The molecule has 6 nitrogen and oxygen atoms in total. The zero-order chi connectivity index (χ0) is 42.4. The zero-order valence-electron chi connectivity index (χ0n) is 35.6. The van der Waals surface area contributed by atoms with E-state index in [0.29, 0.717) is 16.9 Å². The summed E-state index contributed by atoms with van der Waals surface area (Å²) in [6, 6.07) is 7.34. The predicted octanol–water partition coefficient (Wildman–Crippen LogP) is 7.53. The average Bonchev–Trinajstić information content (AvgIpc) is 3.64. The van der Waals surface area contributed by atoms with Crippen molar-refractivity contribution in [2.45, 2.75) is 70.2 Å². The van der Waals surface area contributed by atoms with Crippen molar-refractivity contribution in [3.05, 3.63) is 116 Å². The van der Waals surface area contributed by atoms with Crippen LogP contribution in [0.25, 0.3) is 11.1 Å². The van der Waals surface area contributed by atoms with Gasteiger partial charge in [0.05, 0.1) is 15.2 Å². The first kappa shape index (κ1) is 25.1. The summed E-state index contributed by atoms with van der Waals surface area (Å²) in [4.78, 5) is 33.5. The second-order valence-electron chi connectivity index (χ2n) is 11.1. The van der Waals surface area contributed by atoms with E-state index >= 15 is 0 Å². The number of amides is 1. The highest BCUT2D eigenvalue weighted by Gasteiger charge is 2.30. The Bertz CT molecular complexity index is 2190. The van der Waals surface area contributed by atoms with E-state index in [1.54, 1.807) is 13.8 Å². The molecule has 1 aromatic heterocycles. The Kier molecular flexibility index (Phi) is 8.10. The lowest BCUT2D eigenvalue weighted by molar-refractivity contribution is -0.137. The van der Waals surface area contributed by atoms with Crippen LogP contribution in [-0.4, -0.2) is 51.3 Å². The summed E-state index contributed by atoms with van der Waals surface area (Å²) in [6.45, 7) is -6.22. The van der Waals surface area contributed by atoms with Gasteiger partial charge in [0.15, 0.2) is 5.16 Å². The smallest absolute Gasteiger partial charge is 0.336 e. The lowest BCUT2D eigenvalue weighted by Gasteiger charge is -2.28. The largest absolute Gasteiger partial charge is 0.416 e. The minimum Gasteiger partial charge on any atom is -0.336 e. The van der Waals surface area contributed by atoms with Crippen LogP contribution in [0.15, 0.2) is 76.6 Å². The number of hydrogen-bond acceptors (Lipinski definition) is 5. The predicted molar refractivity (Wildman–Crippen MR) is 181 cm³/mol. The fraction of sp³-hybridized carbons (Fsp3) is 0.378. The Hall–Kier alpha value is -3.96. The molecule has 1 aliphatic carbocycles. The van der Waals surface area contributed by atoms with Crippen LogP contribution in [-0.2, 0) is 42.6 Å². The van der Waals surface area contributed by atoms with Gasteiger partial charge in [0.1, 0.15) is 12.3 Å². The van der Waals surface area contributed by atoms with Crippen LogP contribution in [0, 0.1) is 12.7 Å². The number of likely N-dealkylation sites (N-methyl/N-ethyl adjacent to an activating group) is 1. The third-order valence-electron chi connectivity index (χ3n) is 7.87. The van der Waals surface area contributed by atoms with E-state index in [2.05, 4.69) is 4.98 Å². The van der Waals surface area contributed by atoms with Gasteiger partial charge in [-0.2, -0.15) is 18.2 Å². The average molecular weight is 690 g/mol. The number of aromatic nitrogens is 2. The summed E-state index contributed by atoms with van der Waals surface area (Å²) < 4.78 is 136. The zero-order valence-corrected chi connectivity index (χ0v) is 27.4. The first-order valence-electron chi connectivity index (χ1n) is 19.9. The van der Waals surface area contributed by atoms with Crippen LogP contribution in [0.2, 0.25) is 0 Å². The number of hydrogen-bond donors (Lipinski definition) is 0. The van der Waals surface area contributed by atoms with Crippen LogP contribution in [0.4, 0.5) is 17.6 Å². The molecule has 0 N–H and O–H groups in total. The molecular weight excluding hydrogens is 640 g/mol.